The molecular formula is C13H20N2O. The van der Waals surface area contributed by atoms with E-state index in [0.717, 1.165) is 25.1 Å². The zero-order valence-corrected chi connectivity index (χ0v) is 9.98. The third-order valence-electron chi connectivity index (χ3n) is 3.58. The van der Waals surface area contributed by atoms with Crippen molar-refractivity contribution in [2.75, 3.05) is 0 Å². The van der Waals surface area contributed by atoms with Crippen LogP contribution in [-0.2, 0) is 18.3 Å². The summed E-state index contributed by atoms with van der Waals surface area (Å²) in [4.78, 5) is 16.2. The van der Waals surface area contributed by atoms with E-state index in [-0.39, 0.29) is 0 Å². The molecule has 0 atom stereocenters. The Balaban J connectivity index is 1.81. The van der Waals surface area contributed by atoms with Crippen molar-refractivity contribution in [1.82, 2.24) is 9.55 Å². The Kier molecular flexibility index (Phi) is 3.75. The first-order chi connectivity index (χ1) is 7.77. The number of hydrogen-bond donors (Lipinski definition) is 0. The van der Waals surface area contributed by atoms with Gasteiger partial charge in [0.2, 0.25) is 0 Å². The first-order valence-corrected chi connectivity index (χ1v) is 6.26. The minimum Gasteiger partial charge on any atom is -0.338 e. The Labute approximate surface area is 96.9 Å². The first-order valence-electron chi connectivity index (χ1n) is 6.26. The Bertz CT molecular complexity index is 351. The summed E-state index contributed by atoms with van der Waals surface area (Å²) >= 11 is 0. The quantitative estimate of drug-likeness (QED) is 0.781. The van der Waals surface area contributed by atoms with Gasteiger partial charge in [0.05, 0.1) is 0 Å². The van der Waals surface area contributed by atoms with Crippen LogP contribution in [0, 0.1) is 5.92 Å². The highest BCUT2D eigenvalue weighted by Gasteiger charge is 2.20. The standard InChI is InChI=1S/C13H20N2O/c1-15-10-9-14-13(15)8-7-12(16)11-5-3-2-4-6-11/h9-11H,2-8H2,1H3. The summed E-state index contributed by atoms with van der Waals surface area (Å²) in [5.41, 5.74) is 0. The van der Waals surface area contributed by atoms with Crippen LogP contribution in [0.2, 0.25) is 0 Å². The highest BCUT2D eigenvalue weighted by atomic mass is 16.1. The number of carbonyl (C=O) groups is 1. The van der Waals surface area contributed by atoms with Crippen LogP contribution in [0.25, 0.3) is 0 Å². The maximum Gasteiger partial charge on any atom is 0.136 e. The fraction of sp³-hybridized carbons (Fsp3) is 0.692. The minimum atomic E-state index is 0.342. The van der Waals surface area contributed by atoms with E-state index in [1.807, 2.05) is 17.8 Å². The molecule has 1 aliphatic rings. The van der Waals surface area contributed by atoms with Gasteiger partial charge in [0.15, 0.2) is 0 Å². The predicted octanol–water partition coefficient (Wildman–Crippen LogP) is 2.50. The predicted molar refractivity (Wildman–Crippen MR) is 63.1 cm³/mol. The van der Waals surface area contributed by atoms with Gasteiger partial charge < -0.3 is 4.57 Å². The molecule has 16 heavy (non-hydrogen) atoms. The summed E-state index contributed by atoms with van der Waals surface area (Å²) in [6.07, 6.45) is 11.2. The molecule has 1 heterocycles. The molecule has 88 valence electrons. The van der Waals surface area contributed by atoms with Gasteiger partial charge >= 0.3 is 0 Å². The molecule has 0 aromatic carbocycles. The number of aryl methyl sites for hydroxylation is 2. The van der Waals surface area contributed by atoms with Crippen LogP contribution in [0.1, 0.15) is 44.3 Å². The molecular weight excluding hydrogens is 200 g/mol. The number of rotatable bonds is 4. The van der Waals surface area contributed by atoms with Crippen LogP contribution in [0.15, 0.2) is 12.4 Å². The molecule has 1 aromatic rings. The summed E-state index contributed by atoms with van der Waals surface area (Å²) in [5, 5.41) is 0. The fourth-order valence-corrected chi connectivity index (χ4v) is 2.50. The van der Waals surface area contributed by atoms with Crippen molar-refractivity contribution in [1.29, 1.82) is 0 Å². The number of carbonyl (C=O) groups excluding carboxylic acids is 1. The van der Waals surface area contributed by atoms with E-state index in [0.29, 0.717) is 18.1 Å². The van der Waals surface area contributed by atoms with Gasteiger partial charge in [-0.2, -0.15) is 0 Å². The molecule has 2 rings (SSSR count). The lowest BCUT2D eigenvalue weighted by Crippen LogP contribution is -2.18. The van der Waals surface area contributed by atoms with E-state index in [4.69, 9.17) is 0 Å². The van der Waals surface area contributed by atoms with E-state index in [2.05, 4.69) is 4.98 Å². The molecule has 0 N–H and O–H groups in total. The van der Waals surface area contributed by atoms with Gasteiger partial charge in [-0.1, -0.05) is 19.3 Å². The zero-order valence-electron chi connectivity index (χ0n) is 9.98. The van der Waals surface area contributed by atoms with Crippen molar-refractivity contribution >= 4 is 5.78 Å². The van der Waals surface area contributed by atoms with Crippen molar-refractivity contribution in [3.8, 4) is 0 Å². The van der Waals surface area contributed by atoms with Crippen LogP contribution in [0.3, 0.4) is 0 Å². The smallest absolute Gasteiger partial charge is 0.136 e. The van der Waals surface area contributed by atoms with Gasteiger partial charge in [0.25, 0.3) is 0 Å². The van der Waals surface area contributed by atoms with Gasteiger partial charge in [-0.15, -0.1) is 0 Å². The monoisotopic (exact) mass is 220 g/mol. The van der Waals surface area contributed by atoms with Gasteiger partial charge in [0.1, 0.15) is 11.6 Å². The number of imidazole rings is 1. The number of Topliss-reactive ketones (excluding diaryl/α,β-unsaturated/α-hetero) is 1. The Morgan fingerprint density at radius 1 is 1.44 bits per heavy atom. The SMILES string of the molecule is Cn1ccnc1CCC(=O)C1CCCCC1. The lowest BCUT2D eigenvalue weighted by Gasteiger charge is -2.20. The van der Waals surface area contributed by atoms with Crippen LogP contribution < -0.4 is 0 Å². The Hall–Kier alpha value is -1.12. The van der Waals surface area contributed by atoms with E-state index in [9.17, 15) is 4.79 Å². The molecule has 0 radical (unpaired) electrons. The van der Waals surface area contributed by atoms with E-state index in [1.54, 1.807) is 6.20 Å². The largest absolute Gasteiger partial charge is 0.338 e. The normalized spacial score (nSPS) is 17.6. The average molecular weight is 220 g/mol. The van der Waals surface area contributed by atoms with Gasteiger partial charge in [-0.3, -0.25) is 4.79 Å². The zero-order chi connectivity index (χ0) is 11.4. The molecule has 3 nitrogen and oxygen atoms in total. The van der Waals surface area contributed by atoms with Gasteiger partial charge in [-0.25, -0.2) is 4.98 Å². The van der Waals surface area contributed by atoms with Crippen molar-refractivity contribution in [2.45, 2.75) is 44.9 Å². The summed E-state index contributed by atoms with van der Waals surface area (Å²) in [7, 11) is 1.98. The highest BCUT2D eigenvalue weighted by Crippen LogP contribution is 2.25. The van der Waals surface area contributed by atoms with E-state index < -0.39 is 0 Å². The topological polar surface area (TPSA) is 34.9 Å². The van der Waals surface area contributed by atoms with E-state index >= 15 is 0 Å². The first kappa shape index (κ1) is 11.4. The minimum absolute atomic E-state index is 0.342. The van der Waals surface area contributed by atoms with Crippen LogP contribution in [-0.4, -0.2) is 15.3 Å². The maximum atomic E-state index is 12.0. The van der Waals surface area contributed by atoms with Crippen molar-refractivity contribution < 1.29 is 4.79 Å². The van der Waals surface area contributed by atoms with Gasteiger partial charge in [0, 0.05) is 38.2 Å². The summed E-state index contributed by atoms with van der Waals surface area (Å²) in [6.45, 7) is 0. The number of hydrogen-bond acceptors (Lipinski definition) is 2. The molecule has 1 fully saturated rings. The van der Waals surface area contributed by atoms with Crippen LogP contribution >= 0.6 is 0 Å². The summed E-state index contributed by atoms with van der Waals surface area (Å²) in [6, 6.07) is 0. The molecule has 0 aliphatic heterocycles. The van der Waals surface area contributed by atoms with Crippen molar-refractivity contribution in [3.05, 3.63) is 18.2 Å². The molecule has 1 saturated carbocycles. The van der Waals surface area contributed by atoms with Gasteiger partial charge in [-0.05, 0) is 12.8 Å². The Morgan fingerprint density at radius 3 is 2.81 bits per heavy atom. The lowest BCUT2D eigenvalue weighted by atomic mass is 9.85. The second-order valence-corrected chi connectivity index (χ2v) is 4.76. The molecule has 1 aliphatic carbocycles. The highest BCUT2D eigenvalue weighted by molar-refractivity contribution is 5.81. The summed E-state index contributed by atoms with van der Waals surface area (Å²) < 4.78 is 1.99. The summed E-state index contributed by atoms with van der Waals surface area (Å²) in [5.74, 6) is 1.81. The number of nitrogens with zero attached hydrogens (tertiary/aromatic N) is 2. The van der Waals surface area contributed by atoms with Crippen LogP contribution in [0.5, 0.6) is 0 Å². The maximum absolute atomic E-state index is 12.0. The van der Waals surface area contributed by atoms with Crippen LogP contribution in [0.4, 0.5) is 0 Å². The molecule has 0 saturated heterocycles. The number of ketones is 1. The number of aromatic nitrogens is 2. The molecule has 1 aromatic heterocycles. The second-order valence-electron chi connectivity index (χ2n) is 4.76. The second kappa shape index (κ2) is 5.28. The van der Waals surface area contributed by atoms with E-state index in [1.165, 1.54) is 19.3 Å². The third-order valence-corrected chi connectivity index (χ3v) is 3.58. The Morgan fingerprint density at radius 2 is 2.19 bits per heavy atom. The molecule has 0 amide bonds. The molecule has 3 heteroatoms. The van der Waals surface area contributed by atoms with Crippen molar-refractivity contribution in [3.63, 3.8) is 0 Å². The fourth-order valence-electron chi connectivity index (χ4n) is 2.50. The average Bonchev–Trinajstić information content (AvgIpc) is 2.73. The molecule has 0 unspecified atom stereocenters. The molecule has 0 spiro atoms. The third kappa shape index (κ3) is 2.71. The lowest BCUT2D eigenvalue weighted by molar-refractivity contribution is -0.123. The van der Waals surface area contributed by atoms with Crippen molar-refractivity contribution in [2.24, 2.45) is 13.0 Å². The molecule has 0 bridgehead atoms.